The fourth-order valence-corrected chi connectivity index (χ4v) is 5.23. The van der Waals surface area contributed by atoms with E-state index in [0.29, 0.717) is 21.3 Å². The van der Waals surface area contributed by atoms with Gasteiger partial charge in [-0.3, -0.25) is 4.79 Å². The van der Waals surface area contributed by atoms with Crippen molar-refractivity contribution in [3.05, 3.63) is 58.1 Å². The van der Waals surface area contributed by atoms with Gasteiger partial charge in [-0.2, -0.15) is 4.31 Å². The second-order valence-corrected chi connectivity index (χ2v) is 9.71. The van der Waals surface area contributed by atoms with E-state index in [0.717, 1.165) is 0 Å². The van der Waals surface area contributed by atoms with Crippen molar-refractivity contribution in [2.45, 2.75) is 31.0 Å². The second-order valence-electron chi connectivity index (χ2n) is 6.99. The minimum absolute atomic E-state index is 0.0464. The van der Waals surface area contributed by atoms with Crippen LogP contribution >= 0.6 is 23.2 Å². The SMILES string of the molecule is CC1CN(S(=O)(=O)c2cccc(C(=O)CNc3cccc(Cl)c3Cl)c2)CC(C)O1. The van der Waals surface area contributed by atoms with Gasteiger partial charge in [0.1, 0.15) is 0 Å². The van der Waals surface area contributed by atoms with Crippen LogP contribution in [-0.4, -0.2) is 50.3 Å². The van der Waals surface area contributed by atoms with Crippen LogP contribution in [0, 0.1) is 0 Å². The molecule has 0 amide bonds. The third-order valence-electron chi connectivity index (χ3n) is 4.57. The molecule has 1 aliphatic heterocycles. The van der Waals surface area contributed by atoms with E-state index in [4.69, 9.17) is 27.9 Å². The number of hydrogen-bond acceptors (Lipinski definition) is 5. The number of Topliss-reactive ketones (excluding diaryl/α,β-unsaturated/α-hetero) is 1. The zero-order valence-corrected chi connectivity index (χ0v) is 18.4. The molecular formula is C20H22Cl2N2O4S. The number of anilines is 1. The molecule has 1 aliphatic rings. The third kappa shape index (κ3) is 5.10. The van der Waals surface area contributed by atoms with Crippen LogP contribution in [0.2, 0.25) is 10.0 Å². The minimum Gasteiger partial charge on any atom is -0.376 e. The predicted octanol–water partition coefficient (Wildman–Crippen LogP) is 4.09. The van der Waals surface area contributed by atoms with Crippen molar-refractivity contribution in [3.8, 4) is 0 Å². The Morgan fingerprint density at radius 2 is 1.79 bits per heavy atom. The molecule has 9 heteroatoms. The molecular weight excluding hydrogens is 435 g/mol. The fraction of sp³-hybridized carbons (Fsp3) is 0.350. The van der Waals surface area contributed by atoms with Crippen molar-refractivity contribution in [2.75, 3.05) is 25.0 Å². The summed E-state index contributed by atoms with van der Waals surface area (Å²) < 4.78 is 33.1. The maximum absolute atomic E-state index is 13.0. The Kier molecular flexibility index (Phi) is 6.86. The first-order chi connectivity index (χ1) is 13.7. The van der Waals surface area contributed by atoms with Crippen LogP contribution < -0.4 is 5.32 Å². The van der Waals surface area contributed by atoms with Gasteiger partial charge in [0.15, 0.2) is 5.78 Å². The van der Waals surface area contributed by atoms with Gasteiger partial charge >= 0.3 is 0 Å². The van der Waals surface area contributed by atoms with Crippen LogP contribution in [0.5, 0.6) is 0 Å². The number of ketones is 1. The van der Waals surface area contributed by atoms with Crippen LogP contribution in [0.15, 0.2) is 47.4 Å². The number of carbonyl (C=O) groups excluding carboxylic acids is 1. The van der Waals surface area contributed by atoms with E-state index in [2.05, 4.69) is 5.32 Å². The van der Waals surface area contributed by atoms with Crippen LogP contribution in [0.3, 0.4) is 0 Å². The number of carbonyl (C=O) groups is 1. The summed E-state index contributed by atoms with van der Waals surface area (Å²) in [6, 6.07) is 11.1. The number of nitrogens with one attached hydrogen (secondary N) is 1. The normalized spacial score (nSPS) is 20.4. The molecule has 0 saturated carbocycles. The summed E-state index contributed by atoms with van der Waals surface area (Å²) in [5, 5.41) is 3.65. The Labute approximate surface area is 180 Å². The van der Waals surface area contributed by atoms with E-state index >= 15 is 0 Å². The van der Waals surface area contributed by atoms with Gasteiger partial charge in [0.25, 0.3) is 0 Å². The smallest absolute Gasteiger partial charge is 0.243 e. The van der Waals surface area contributed by atoms with Crippen molar-refractivity contribution < 1.29 is 17.9 Å². The third-order valence-corrected chi connectivity index (χ3v) is 7.22. The van der Waals surface area contributed by atoms with Gasteiger partial charge in [-0.05, 0) is 38.1 Å². The minimum atomic E-state index is -3.72. The maximum Gasteiger partial charge on any atom is 0.243 e. The summed E-state index contributed by atoms with van der Waals surface area (Å²) in [5.74, 6) is -0.262. The summed E-state index contributed by atoms with van der Waals surface area (Å²) in [5.41, 5.74) is 0.832. The molecule has 2 aromatic carbocycles. The maximum atomic E-state index is 13.0. The van der Waals surface area contributed by atoms with Crippen molar-refractivity contribution in [1.29, 1.82) is 0 Å². The Morgan fingerprint density at radius 1 is 1.14 bits per heavy atom. The molecule has 0 bridgehead atoms. The first kappa shape index (κ1) is 22.1. The van der Waals surface area contributed by atoms with Gasteiger partial charge in [-0.1, -0.05) is 41.4 Å². The molecule has 1 N–H and O–H groups in total. The molecule has 2 unspecified atom stereocenters. The van der Waals surface area contributed by atoms with Gasteiger partial charge < -0.3 is 10.1 Å². The molecule has 0 aromatic heterocycles. The lowest BCUT2D eigenvalue weighted by Gasteiger charge is -2.34. The second kappa shape index (κ2) is 9.02. The van der Waals surface area contributed by atoms with Gasteiger partial charge in [-0.15, -0.1) is 0 Å². The molecule has 1 saturated heterocycles. The Balaban J connectivity index is 1.76. The molecule has 0 spiro atoms. The van der Waals surface area contributed by atoms with E-state index < -0.39 is 10.0 Å². The highest BCUT2D eigenvalue weighted by molar-refractivity contribution is 7.89. The number of ether oxygens (including phenoxy) is 1. The molecule has 6 nitrogen and oxygen atoms in total. The first-order valence-corrected chi connectivity index (χ1v) is 11.3. The predicted molar refractivity (Wildman–Crippen MR) is 114 cm³/mol. The number of morpholine rings is 1. The van der Waals surface area contributed by atoms with Gasteiger partial charge in [0.2, 0.25) is 10.0 Å². The van der Waals surface area contributed by atoms with Gasteiger partial charge in [0.05, 0.1) is 39.4 Å². The van der Waals surface area contributed by atoms with Gasteiger partial charge in [-0.25, -0.2) is 8.42 Å². The monoisotopic (exact) mass is 456 g/mol. The van der Waals surface area contributed by atoms with E-state index in [1.165, 1.54) is 16.4 Å². The van der Waals surface area contributed by atoms with Crippen LogP contribution in [-0.2, 0) is 14.8 Å². The summed E-state index contributed by atoms with van der Waals surface area (Å²) in [7, 11) is -3.72. The van der Waals surface area contributed by atoms with E-state index in [9.17, 15) is 13.2 Å². The summed E-state index contributed by atoms with van der Waals surface area (Å²) in [6.07, 6.45) is -0.380. The lowest BCUT2D eigenvalue weighted by atomic mass is 10.1. The Hall–Kier alpha value is -1.64. The summed E-state index contributed by atoms with van der Waals surface area (Å²) in [6.45, 7) is 4.18. The van der Waals surface area contributed by atoms with E-state index in [-0.39, 0.29) is 42.5 Å². The largest absolute Gasteiger partial charge is 0.376 e. The molecule has 29 heavy (non-hydrogen) atoms. The standard InChI is InChI=1S/C20H22Cl2N2O4S/c1-13-11-24(12-14(2)28-13)29(26,27)16-6-3-5-15(9-16)19(25)10-23-18-8-4-7-17(21)20(18)22/h3-9,13-14,23H,10-12H2,1-2H3. The first-order valence-electron chi connectivity index (χ1n) is 9.15. The average Bonchev–Trinajstić information content (AvgIpc) is 2.68. The molecule has 2 atom stereocenters. The lowest BCUT2D eigenvalue weighted by Crippen LogP contribution is -2.48. The summed E-state index contributed by atoms with van der Waals surface area (Å²) in [4.78, 5) is 12.7. The zero-order valence-electron chi connectivity index (χ0n) is 16.1. The number of sulfonamides is 1. The molecule has 0 radical (unpaired) electrons. The molecule has 3 rings (SSSR count). The molecule has 156 valence electrons. The van der Waals surface area contributed by atoms with E-state index in [1.54, 1.807) is 30.3 Å². The highest BCUT2D eigenvalue weighted by Crippen LogP contribution is 2.29. The number of hydrogen-bond donors (Lipinski definition) is 1. The quantitative estimate of drug-likeness (QED) is 0.662. The number of halogens is 2. The number of rotatable bonds is 6. The van der Waals surface area contributed by atoms with Crippen molar-refractivity contribution in [2.24, 2.45) is 0 Å². The van der Waals surface area contributed by atoms with Gasteiger partial charge in [0, 0.05) is 18.7 Å². The van der Waals surface area contributed by atoms with Crippen LogP contribution in [0.4, 0.5) is 5.69 Å². The molecule has 1 fully saturated rings. The Bertz CT molecular complexity index is 1000. The summed E-state index contributed by atoms with van der Waals surface area (Å²) >= 11 is 12.1. The average molecular weight is 457 g/mol. The zero-order chi connectivity index (χ0) is 21.2. The number of nitrogens with zero attached hydrogens (tertiary/aromatic N) is 1. The molecule has 0 aliphatic carbocycles. The molecule has 1 heterocycles. The lowest BCUT2D eigenvalue weighted by molar-refractivity contribution is -0.0440. The van der Waals surface area contributed by atoms with E-state index in [1.807, 2.05) is 13.8 Å². The molecule has 2 aromatic rings. The highest BCUT2D eigenvalue weighted by Gasteiger charge is 2.32. The van der Waals surface area contributed by atoms with Crippen LogP contribution in [0.25, 0.3) is 0 Å². The van der Waals surface area contributed by atoms with Crippen molar-refractivity contribution in [1.82, 2.24) is 4.31 Å². The Morgan fingerprint density at radius 3 is 2.48 bits per heavy atom. The number of benzene rings is 2. The van der Waals surface area contributed by atoms with Crippen molar-refractivity contribution >= 4 is 44.7 Å². The van der Waals surface area contributed by atoms with Crippen LogP contribution in [0.1, 0.15) is 24.2 Å². The topological polar surface area (TPSA) is 75.7 Å². The van der Waals surface area contributed by atoms with Crippen molar-refractivity contribution in [3.63, 3.8) is 0 Å². The fourth-order valence-electron chi connectivity index (χ4n) is 3.22. The highest BCUT2D eigenvalue weighted by atomic mass is 35.5.